The number of rotatable bonds is 0. The number of nitrogens with zero attached hydrogens (tertiary/aromatic N) is 1. The smallest absolute Gasteiger partial charge is 0.222 e. The van der Waals surface area contributed by atoms with E-state index in [4.69, 9.17) is 4.74 Å². The molecular formula is C12H9NO. The molecule has 0 aliphatic carbocycles. The normalized spacial score (nSPS) is 17.4. The summed E-state index contributed by atoms with van der Waals surface area (Å²) in [4.78, 5) is 4.29. The molecule has 0 unspecified atom stereocenters. The van der Waals surface area contributed by atoms with Gasteiger partial charge < -0.3 is 4.74 Å². The average Bonchev–Trinajstić information content (AvgIpc) is 2.26. The standard InChI is InChI=1S/C12H9NO/c1-2-6-11-9(4-1)8-10-5-3-7-13-12(10)14-11/h1-6,8H,7H2. The van der Waals surface area contributed by atoms with E-state index in [1.54, 1.807) is 0 Å². The van der Waals surface area contributed by atoms with Gasteiger partial charge in [0.15, 0.2) is 0 Å². The number of ether oxygens (including phenoxy) is 1. The molecule has 0 N–H and O–H groups in total. The minimum Gasteiger partial charge on any atom is -0.438 e. The summed E-state index contributed by atoms with van der Waals surface area (Å²) in [6.45, 7) is 0.717. The van der Waals surface area contributed by atoms with Crippen molar-refractivity contribution in [2.75, 3.05) is 6.54 Å². The van der Waals surface area contributed by atoms with E-state index in [2.05, 4.69) is 17.1 Å². The van der Waals surface area contributed by atoms with Crippen molar-refractivity contribution >= 4 is 12.0 Å². The molecule has 14 heavy (non-hydrogen) atoms. The third-order valence-corrected chi connectivity index (χ3v) is 2.32. The number of dihydropyridines is 1. The van der Waals surface area contributed by atoms with Crippen molar-refractivity contribution in [1.29, 1.82) is 0 Å². The lowest BCUT2D eigenvalue weighted by Gasteiger charge is -2.18. The molecule has 0 saturated carbocycles. The van der Waals surface area contributed by atoms with Gasteiger partial charge in [0.05, 0.1) is 6.54 Å². The van der Waals surface area contributed by atoms with E-state index in [0.29, 0.717) is 0 Å². The predicted molar refractivity (Wildman–Crippen MR) is 56.5 cm³/mol. The summed E-state index contributed by atoms with van der Waals surface area (Å²) in [5.74, 6) is 1.64. The molecule has 2 aliphatic heterocycles. The summed E-state index contributed by atoms with van der Waals surface area (Å²) < 4.78 is 5.67. The maximum atomic E-state index is 5.67. The third-order valence-electron chi connectivity index (χ3n) is 2.32. The van der Waals surface area contributed by atoms with Gasteiger partial charge in [-0.15, -0.1) is 0 Å². The van der Waals surface area contributed by atoms with Crippen LogP contribution in [0.2, 0.25) is 0 Å². The van der Waals surface area contributed by atoms with Gasteiger partial charge in [-0.25, -0.2) is 4.99 Å². The molecule has 1 aromatic rings. The lowest BCUT2D eigenvalue weighted by atomic mass is 10.1. The molecule has 0 spiro atoms. The molecule has 2 heterocycles. The van der Waals surface area contributed by atoms with Crippen molar-refractivity contribution in [1.82, 2.24) is 0 Å². The maximum Gasteiger partial charge on any atom is 0.222 e. The lowest BCUT2D eigenvalue weighted by molar-refractivity contribution is 0.543. The van der Waals surface area contributed by atoms with E-state index in [0.717, 1.165) is 29.3 Å². The van der Waals surface area contributed by atoms with Gasteiger partial charge in [-0.3, -0.25) is 0 Å². The first kappa shape index (κ1) is 7.56. The molecule has 0 atom stereocenters. The Morgan fingerprint density at radius 2 is 2.14 bits per heavy atom. The summed E-state index contributed by atoms with van der Waals surface area (Å²) in [7, 11) is 0. The van der Waals surface area contributed by atoms with Crippen LogP contribution in [0.1, 0.15) is 5.56 Å². The van der Waals surface area contributed by atoms with Crippen molar-refractivity contribution in [3.63, 3.8) is 0 Å². The van der Waals surface area contributed by atoms with Gasteiger partial charge in [-0.05, 0) is 12.1 Å². The Balaban J connectivity index is 2.17. The molecule has 0 amide bonds. The lowest BCUT2D eigenvalue weighted by Crippen LogP contribution is -2.17. The second kappa shape index (κ2) is 2.84. The minimum absolute atomic E-state index is 0.717. The monoisotopic (exact) mass is 183 g/mol. The van der Waals surface area contributed by atoms with Gasteiger partial charge in [-0.2, -0.15) is 0 Å². The molecule has 68 valence electrons. The van der Waals surface area contributed by atoms with Crippen LogP contribution >= 0.6 is 0 Å². The Hall–Kier alpha value is -1.83. The van der Waals surface area contributed by atoms with Crippen molar-refractivity contribution < 1.29 is 4.74 Å². The molecule has 2 aliphatic rings. The van der Waals surface area contributed by atoms with Crippen molar-refractivity contribution in [3.05, 3.63) is 47.6 Å². The Bertz CT molecular complexity index is 469. The number of hydrogen-bond acceptors (Lipinski definition) is 2. The van der Waals surface area contributed by atoms with Crippen LogP contribution in [0.25, 0.3) is 6.08 Å². The summed E-state index contributed by atoms with van der Waals surface area (Å²) in [5, 5.41) is 0. The fourth-order valence-electron chi connectivity index (χ4n) is 1.64. The minimum atomic E-state index is 0.717. The molecule has 0 fully saturated rings. The number of benzene rings is 1. The van der Waals surface area contributed by atoms with Crippen LogP contribution in [-0.4, -0.2) is 12.4 Å². The molecule has 2 heteroatoms. The van der Waals surface area contributed by atoms with Gasteiger partial charge in [0.25, 0.3) is 0 Å². The Morgan fingerprint density at radius 1 is 1.21 bits per heavy atom. The van der Waals surface area contributed by atoms with E-state index >= 15 is 0 Å². The highest BCUT2D eigenvalue weighted by Gasteiger charge is 2.17. The van der Waals surface area contributed by atoms with E-state index in [9.17, 15) is 0 Å². The molecule has 0 aromatic heterocycles. The second-order valence-corrected chi connectivity index (χ2v) is 3.29. The van der Waals surface area contributed by atoms with Crippen LogP contribution in [-0.2, 0) is 0 Å². The molecule has 0 bridgehead atoms. The van der Waals surface area contributed by atoms with E-state index in [-0.39, 0.29) is 0 Å². The molecule has 1 aromatic carbocycles. The van der Waals surface area contributed by atoms with Crippen molar-refractivity contribution in [2.24, 2.45) is 4.99 Å². The first-order valence-corrected chi connectivity index (χ1v) is 4.63. The van der Waals surface area contributed by atoms with Crippen LogP contribution in [0.15, 0.2) is 47.0 Å². The number of aliphatic imine (C=N–C) groups is 1. The second-order valence-electron chi connectivity index (χ2n) is 3.29. The van der Waals surface area contributed by atoms with Gasteiger partial charge in [-0.1, -0.05) is 30.4 Å². The number of hydrogen-bond donors (Lipinski definition) is 0. The van der Waals surface area contributed by atoms with Gasteiger partial charge in [0, 0.05) is 11.1 Å². The summed E-state index contributed by atoms with van der Waals surface area (Å²) in [6, 6.07) is 7.98. The van der Waals surface area contributed by atoms with Crippen LogP contribution in [0.4, 0.5) is 0 Å². The summed E-state index contributed by atoms with van der Waals surface area (Å²) in [5.41, 5.74) is 2.18. The van der Waals surface area contributed by atoms with Gasteiger partial charge in [0.2, 0.25) is 5.90 Å². The maximum absolute atomic E-state index is 5.67. The van der Waals surface area contributed by atoms with E-state index in [1.165, 1.54) is 0 Å². The fraction of sp³-hybridized carbons (Fsp3) is 0.0833. The summed E-state index contributed by atoms with van der Waals surface area (Å²) >= 11 is 0. The zero-order valence-corrected chi connectivity index (χ0v) is 7.60. The van der Waals surface area contributed by atoms with Crippen molar-refractivity contribution in [3.8, 4) is 5.75 Å². The van der Waals surface area contributed by atoms with E-state index < -0.39 is 0 Å². The van der Waals surface area contributed by atoms with Crippen LogP contribution in [0.5, 0.6) is 5.75 Å². The predicted octanol–water partition coefficient (Wildman–Crippen LogP) is 2.43. The number of para-hydroxylation sites is 1. The zero-order valence-electron chi connectivity index (χ0n) is 7.60. The van der Waals surface area contributed by atoms with Crippen LogP contribution in [0, 0.1) is 0 Å². The fourth-order valence-corrected chi connectivity index (χ4v) is 1.64. The average molecular weight is 183 g/mol. The molecule has 0 radical (unpaired) electrons. The SMILES string of the molecule is C1=CC2=Cc3ccccc3OC2=NC1. The zero-order chi connectivity index (χ0) is 9.38. The first-order valence-electron chi connectivity index (χ1n) is 4.63. The van der Waals surface area contributed by atoms with Gasteiger partial charge >= 0.3 is 0 Å². The highest BCUT2D eigenvalue weighted by Crippen LogP contribution is 2.28. The van der Waals surface area contributed by atoms with Crippen LogP contribution < -0.4 is 4.74 Å². The first-order chi connectivity index (χ1) is 6.93. The molecule has 0 saturated heterocycles. The quantitative estimate of drug-likeness (QED) is 0.605. The topological polar surface area (TPSA) is 21.6 Å². The molecular weight excluding hydrogens is 174 g/mol. The van der Waals surface area contributed by atoms with Crippen LogP contribution in [0.3, 0.4) is 0 Å². The highest BCUT2D eigenvalue weighted by atomic mass is 16.5. The summed E-state index contributed by atoms with van der Waals surface area (Å²) in [6.07, 6.45) is 6.19. The van der Waals surface area contributed by atoms with Crippen molar-refractivity contribution in [2.45, 2.75) is 0 Å². The Morgan fingerprint density at radius 3 is 3.14 bits per heavy atom. The number of fused-ring (bicyclic) bond motifs is 2. The highest BCUT2D eigenvalue weighted by molar-refractivity contribution is 6.05. The Labute approximate surface area is 82.2 Å². The Kier molecular flexibility index (Phi) is 1.53. The third kappa shape index (κ3) is 1.08. The van der Waals surface area contributed by atoms with Gasteiger partial charge in [0.1, 0.15) is 5.75 Å². The molecule has 3 rings (SSSR count). The molecule has 2 nitrogen and oxygen atoms in total. The largest absolute Gasteiger partial charge is 0.438 e. The van der Waals surface area contributed by atoms with E-state index in [1.807, 2.05) is 30.3 Å².